The lowest BCUT2D eigenvalue weighted by Gasteiger charge is -2.27. The van der Waals surface area contributed by atoms with Gasteiger partial charge in [0.25, 0.3) is 0 Å². The maximum Gasteiger partial charge on any atom is 0.349 e. The van der Waals surface area contributed by atoms with E-state index in [1.807, 2.05) is 0 Å². The molecule has 0 aliphatic rings. The molecule has 0 radical (unpaired) electrons. The van der Waals surface area contributed by atoms with Crippen LogP contribution in [-0.2, 0) is 4.57 Å². The summed E-state index contributed by atoms with van der Waals surface area (Å²) in [6, 6.07) is 57.1. The Balaban J connectivity index is 0.000000182. The quantitative estimate of drug-likeness (QED) is 0.246. The van der Waals surface area contributed by atoms with Crippen LogP contribution in [0.1, 0.15) is 0 Å². The molecule has 0 saturated heterocycles. The second kappa shape index (κ2) is 13.3. The van der Waals surface area contributed by atoms with E-state index in [4.69, 9.17) is 0 Å². The zero-order chi connectivity index (χ0) is 28.5. The van der Waals surface area contributed by atoms with Crippen molar-refractivity contribution in [3.8, 4) is 16.9 Å². The fourth-order valence-corrected chi connectivity index (χ4v) is 9.93. The van der Waals surface area contributed by atoms with E-state index in [9.17, 15) is 14.6 Å². The highest BCUT2D eigenvalue weighted by Crippen LogP contribution is 2.54. The summed E-state index contributed by atoms with van der Waals surface area (Å²) in [5.74, 6) is 0.0757. The van der Waals surface area contributed by atoms with E-state index < -0.39 is 15.3 Å². The van der Waals surface area contributed by atoms with Crippen LogP contribution in [0.25, 0.3) is 11.1 Å². The summed E-state index contributed by atoms with van der Waals surface area (Å²) < 4.78 is 11.1. The molecular formula is C36H29O3P2+. The number of para-hydroxylation sites is 1. The molecule has 6 aromatic rings. The number of hydrogen-bond acceptors (Lipinski definition) is 3. The molecule has 1 atom stereocenters. The van der Waals surface area contributed by atoms with Gasteiger partial charge in [-0.05, 0) is 66.7 Å². The molecule has 0 spiro atoms. The average molecular weight is 572 g/mol. The van der Waals surface area contributed by atoms with Gasteiger partial charge in [-0.2, -0.15) is 0 Å². The fourth-order valence-electron chi connectivity index (χ4n) is 5.06. The van der Waals surface area contributed by atoms with Crippen LogP contribution < -0.4 is 31.4 Å². The van der Waals surface area contributed by atoms with Crippen molar-refractivity contribution in [2.45, 2.75) is 0 Å². The van der Waals surface area contributed by atoms with E-state index in [-0.39, 0.29) is 11.1 Å². The number of benzene rings is 6. The number of phenols is 1. The minimum absolute atomic E-state index is 0.0757. The molecule has 0 aliphatic carbocycles. The van der Waals surface area contributed by atoms with Crippen molar-refractivity contribution >= 4 is 41.8 Å². The Morgan fingerprint density at radius 1 is 0.439 bits per heavy atom. The lowest BCUT2D eigenvalue weighted by molar-refractivity contribution is -0.160. The lowest BCUT2D eigenvalue weighted by atomic mass is 10.0. The Morgan fingerprint density at radius 3 is 1.12 bits per heavy atom. The maximum absolute atomic E-state index is 11.1. The summed E-state index contributed by atoms with van der Waals surface area (Å²) in [4.78, 5) is 11.1. The summed E-state index contributed by atoms with van der Waals surface area (Å²) in [5, 5.41) is 15.4. The normalized spacial score (nSPS) is 11.2. The fraction of sp³-hybridized carbons (Fsp3) is 0. The zero-order valence-corrected chi connectivity index (χ0v) is 24.1. The van der Waals surface area contributed by atoms with Crippen LogP contribution in [0.15, 0.2) is 170 Å². The van der Waals surface area contributed by atoms with E-state index in [0.29, 0.717) is 11.1 Å². The highest BCUT2D eigenvalue weighted by atomic mass is 31.2. The molecule has 41 heavy (non-hydrogen) atoms. The van der Waals surface area contributed by atoms with Crippen molar-refractivity contribution < 1.29 is 14.6 Å². The van der Waals surface area contributed by atoms with E-state index in [1.54, 1.807) is 36.4 Å². The first-order valence-electron chi connectivity index (χ1n) is 13.3. The molecule has 5 heteroatoms. The summed E-state index contributed by atoms with van der Waals surface area (Å²) >= 11 is 0. The van der Waals surface area contributed by atoms with Crippen molar-refractivity contribution in [2.24, 2.45) is 0 Å². The van der Waals surface area contributed by atoms with Gasteiger partial charge in [-0.1, -0.05) is 108 Å². The third kappa shape index (κ3) is 6.04. The topological polar surface area (TPSA) is 60.4 Å². The molecule has 1 N–H and O–H groups in total. The van der Waals surface area contributed by atoms with Gasteiger partial charge in [0.15, 0.2) is 5.30 Å². The van der Waals surface area contributed by atoms with Crippen LogP contribution in [0, 0.1) is 0 Å². The molecule has 200 valence electrons. The summed E-state index contributed by atoms with van der Waals surface area (Å²) in [6.45, 7) is 0. The first-order chi connectivity index (χ1) is 20.1. The number of hydrogen-bond donors (Lipinski definition) is 1. The molecule has 0 fully saturated rings. The van der Waals surface area contributed by atoms with Gasteiger partial charge in [0.2, 0.25) is 0 Å². The molecular weight excluding hydrogens is 542 g/mol. The Hall–Kier alpha value is -4.39. The average Bonchev–Trinajstić information content (AvgIpc) is 3.04. The maximum atomic E-state index is 11.1. The predicted octanol–water partition coefficient (Wildman–Crippen LogP) is 6.09. The Labute approximate surface area is 242 Å². The number of aromatic hydroxyl groups is 1. The molecule has 0 aromatic heterocycles. The van der Waals surface area contributed by atoms with Crippen molar-refractivity contribution in [1.82, 2.24) is 0 Å². The minimum atomic E-state index is -2.66. The van der Waals surface area contributed by atoms with E-state index >= 15 is 0 Å². The van der Waals surface area contributed by atoms with E-state index in [0.717, 1.165) is 0 Å². The molecule has 0 amide bonds. The molecule has 0 heterocycles. The van der Waals surface area contributed by atoms with Gasteiger partial charge in [-0.3, -0.25) is 0 Å². The number of phenolic OH excluding ortho intramolecular Hbond substituents is 1. The van der Waals surface area contributed by atoms with Crippen LogP contribution in [0.4, 0.5) is 0 Å². The van der Waals surface area contributed by atoms with Crippen molar-refractivity contribution in [2.75, 3.05) is 0 Å². The SMILES string of the molecule is O=[P+]([O-])c1ccccc1-c1ccccc1O.c1ccc([P+](c2ccccc2)(c2ccccc2)c2ccccc2)cc1. The van der Waals surface area contributed by atoms with Gasteiger partial charge in [-0.25, -0.2) is 0 Å². The van der Waals surface area contributed by atoms with E-state index in [2.05, 4.69) is 121 Å². The third-order valence-corrected chi connectivity index (χ3v) is 11.9. The van der Waals surface area contributed by atoms with Gasteiger partial charge in [-0.15, -0.1) is 0 Å². The van der Waals surface area contributed by atoms with Crippen LogP contribution in [0.5, 0.6) is 5.75 Å². The molecule has 3 nitrogen and oxygen atoms in total. The summed E-state index contributed by atoms with van der Waals surface area (Å²) in [5.41, 5.74) is 1.05. The molecule has 6 rings (SSSR count). The monoisotopic (exact) mass is 571 g/mol. The smallest absolute Gasteiger partial charge is 0.349 e. The van der Waals surface area contributed by atoms with Gasteiger partial charge in [0.05, 0.1) is 0 Å². The molecule has 1 unspecified atom stereocenters. The van der Waals surface area contributed by atoms with Gasteiger partial charge >= 0.3 is 8.03 Å². The van der Waals surface area contributed by atoms with Crippen LogP contribution in [0.3, 0.4) is 0 Å². The van der Waals surface area contributed by atoms with E-state index in [1.165, 1.54) is 33.4 Å². The highest BCUT2D eigenvalue weighted by molar-refractivity contribution is 8.01. The third-order valence-electron chi connectivity index (χ3n) is 6.87. The molecule has 0 saturated carbocycles. The second-order valence-corrected chi connectivity index (χ2v) is 13.7. The molecule has 0 aliphatic heterocycles. The summed E-state index contributed by atoms with van der Waals surface area (Å²) in [6.07, 6.45) is 0. The Bertz CT molecular complexity index is 1540. The van der Waals surface area contributed by atoms with Crippen molar-refractivity contribution in [3.63, 3.8) is 0 Å². The van der Waals surface area contributed by atoms with Gasteiger partial charge in [0.1, 0.15) is 34.2 Å². The number of rotatable bonds is 6. The Morgan fingerprint density at radius 2 is 0.756 bits per heavy atom. The minimum Gasteiger partial charge on any atom is -0.591 e. The highest BCUT2D eigenvalue weighted by Gasteiger charge is 2.47. The summed E-state index contributed by atoms with van der Waals surface area (Å²) in [7, 11) is -4.57. The zero-order valence-electron chi connectivity index (χ0n) is 22.3. The first-order valence-corrected chi connectivity index (χ1v) is 16.2. The van der Waals surface area contributed by atoms with Gasteiger partial charge in [0, 0.05) is 11.1 Å². The van der Waals surface area contributed by atoms with Crippen LogP contribution >= 0.6 is 15.3 Å². The van der Waals surface area contributed by atoms with Crippen molar-refractivity contribution in [1.29, 1.82) is 0 Å². The predicted molar refractivity (Wildman–Crippen MR) is 172 cm³/mol. The first kappa shape index (κ1) is 28.1. The van der Waals surface area contributed by atoms with Gasteiger partial charge < -0.3 is 10.00 Å². The van der Waals surface area contributed by atoms with Crippen molar-refractivity contribution in [3.05, 3.63) is 170 Å². The standard InChI is InChI=1S/C24H20P.C12H9O3P/c1-5-13-21(14-6-1)25(22-15-7-2-8-16-22,23-17-9-3-10-18-23)24-19-11-4-12-20-24;13-11-7-3-1-5-9(11)10-6-2-4-8-12(10)16(14)15/h1-20H;1-8,13H/q+1;. The van der Waals surface area contributed by atoms with Crippen LogP contribution in [0.2, 0.25) is 0 Å². The largest absolute Gasteiger partial charge is 0.591 e. The lowest BCUT2D eigenvalue weighted by Crippen LogP contribution is -2.38. The molecule has 0 bridgehead atoms. The Kier molecular flexibility index (Phi) is 9.14. The second-order valence-electron chi connectivity index (χ2n) is 9.30. The van der Waals surface area contributed by atoms with Crippen LogP contribution in [-0.4, -0.2) is 5.11 Å². The molecule has 6 aromatic carbocycles.